The quantitative estimate of drug-likeness (QED) is 0.842. The Labute approximate surface area is 121 Å². The fourth-order valence-corrected chi connectivity index (χ4v) is 3.49. The minimum Gasteiger partial charge on any atom is -0.293 e. The van der Waals surface area contributed by atoms with Gasteiger partial charge in [-0.05, 0) is 29.5 Å². The molecule has 0 atom stereocenters. The lowest BCUT2D eigenvalue weighted by Crippen LogP contribution is -2.29. The van der Waals surface area contributed by atoms with Gasteiger partial charge < -0.3 is 0 Å². The summed E-state index contributed by atoms with van der Waals surface area (Å²) in [6, 6.07) is 9.77. The molecule has 3 rings (SSSR count). The van der Waals surface area contributed by atoms with Crippen LogP contribution in [0.3, 0.4) is 0 Å². The first-order valence-corrected chi connectivity index (χ1v) is 7.55. The molecule has 0 aliphatic carbocycles. The molecular weight excluding hydrogens is 278 g/mol. The predicted octanol–water partition coefficient (Wildman–Crippen LogP) is 3.64. The first-order chi connectivity index (χ1) is 9.24. The lowest BCUT2D eigenvalue weighted by Gasteiger charge is -2.19. The van der Waals surface area contributed by atoms with Crippen LogP contribution in [0.2, 0.25) is 5.02 Å². The Kier molecular flexibility index (Phi) is 3.69. The summed E-state index contributed by atoms with van der Waals surface area (Å²) < 4.78 is 0. The van der Waals surface area contributed by atoms with Gasteiger partial charge in [0.15, 0.2) is 5.78 Å². The molecule has 0 bridgehead atoms. The number of fused-ring (bicyclic) bond motifs is 1. The standard InChI is InChI=1S/C15H14ClNOS/c16-13-4-2-1-3-11(13)9-17-7-5-15-12(6-8-19-15)14(18)10-17/h1-4,6,8H,5,7,9-10H2. The summed E-state index contributed by atoms with van der Waals surface area (Å²) in [5.74, 6) is 0.223. The van der Waals surface area contributed by atoms with Crippen LogP contribution in [0.1, 0.15) is 20.8 Å². The van der Waals surface area contributed by atoms with Crippen LogP contribution in [0.5, 0.6) is 0 Å². The average molecular weight is 292 g/mol. The SMILES string of the molecule is O=C1CN(Cc2ccccc2Cl)CCc2sccc21. The highest BCUT2D eigenvalue weighted by molar-refractivity contribution is 7.10. The third-order valence-electron chi connectivity index (χ3n) is 3.42. The molecule has 4 heteroatoms. The number of rotatable bonds is 2. The third-order valence-corrected chi connectivity index (χ3v) is 4.77. The van der Waals surface area contributed by atoms with Gasteiger partial charge in [-0.15, -0.1) is 11.3 Å². The van der Waals surface area contributed by atoms with Gasteiger partial charge in [-0.1, -0.05) is 29.8 Å². The van der Waals surface area contributed by atoms with E-state index in [0.29, 0.717) is 6.54 Å². The van der Waals surface area contributed by atoms with E-state index >= 15 is 0 Å². The Morgan fingerprint density at radius 3 is 2.95 bits per heavy atom. The second kappa shape index (κ2) is 5.45. The monoisotopic (exact) mass is 291 g/mol. The predicted molar refractivity (Wildman–Crippen MR) is 79.1 cm³/mol. The second-order valence-corrected chi connectivity index (χ2v) is 6.14. The lowest BCUT2D eigenvalue weighted by molar-refractivity contribution is 0.0935. The van der Waals surface area contributed by atoms with E-state index < -0.39 is 0 Å². The molecule has 1 aliphatic rings. The highest BCUT2D eigenvalue weighted by atomic mass is 35.5. The van der Waals surface area contributed by atoms with E-state index in [9.17, 15) is 4.79 Å². The first kappa shape index (κ1) is 12.9. The maximum atomic E-state index is 12.2. The molecule has 0 fully saturated rings. The molecule has 98 valence electrons. The van der Waals surface area contributed by atoms with E-state index in [1.807, 2.05) is 35.7 Å². The summed E-state index contributed by atoms with van der Waals surface area (Å²) in [7, 11) is 0. The molecular formula is C15H14ClNOS. The van der Waals surface area contributed by atoms with Crippen LogP contribution in [0, 0.1) is 0 Å². The number of benzene rings is 1. The van der Waals surface area contributed by atoms with Gasteiger partial charge in [-0.2, -0.15) is 0 Å². The highest BCUT2D eigenvalue weighted by Crippen LogP contribution is 2.23. The first-order valence-electron chi connectivity index (χ1n) is 6.29. The maximum Gasteiger partial charge on any atom is 0.177 e. The van der Waals surface area contributed by atoms with Gasteiger partial charge in [0.25, 0.3) is 0 Å². The molecule has 0 radical (unpaired) electrons. The van der Waals surface area contributed by atoms with Crippen LogP contribution in [0.15, 0.2) is 35.7 Å². The number of halogens is 1. The van der Waals surface area contributed by atoms with Gasteiger partial charge in [-0.25, -0.2) is 0 Å². The number of nitrogens with zero attached hydrogens (tertiary/aromatic N) is 1. The summed E-state index contributed by atoms with van der Waals surface area (Å²) in [6.07, 6.45) is 0.948. The molecule has 0 spiro atoms. The average Bonchev–Trinajstić information content (AvgIpc) is 2.82. The molecule has 0 saturated heterocycles. The van der Waals surface area contributed by atoms with Gasteiger partial charge in [0, 0.05) is 28.6 Å². The van der Waals surface area contributed by atoms with Crippen LogP contribution in [-0.2, 0) is 13.0 Å². The Hall–Kier alpha value is -1.16. The van der Waals surface area contributed by atoms with Crippen molar-refractivity contribution in [2.75, 3.05) is 13.1 Å². The number of hydrogen-bond acceptors (Lipinski definition) is 3. The summed E-state index contributed by atoms with van der Waals surface area (Å²) in [5, 5.41) is 2.78. The molecule has 1 aromatic carbocycles. The topological polar surface area (TPSA) is 20.3 Å². The van der Waals surface area contributed by atoms with Crippen molar-refractivity contribution in [3.05, 3.63) is 56.7 Å². The van der Waals surface area contributed by atoms with E-state index in [2.05, 4.69) is 4.90 Å². The van der Waals surface area contributed by atoms with Crippen molar-refractivity contribution in [3.63, 3.8) is 0 Å². The largest absolute Gasteiger partial charge is 0.293 e. The number of carbonyl (C=O) groups is 1. The summed E-state index contributed by atoms with van der Waals surface area (Å²) in [4.78, 5) is 15.6. The van der Waals surface area contributed by atoms with Crippen molar-refractivity contribution in [1.29, 1.82) is 0 Å². The molecule has 2 heterocycles. The molecule has 0 unspecified atom stereocenters. The number of hydrogen-bond donors (Lipinski definition) is 0. The Bertz CT molecular complexity index is 608. The number of carbonyl (C=O) groups excluding carboxylic acids is 1. The van der Waals surface area contributed by atoms with Crippen molar-refractivity contribution in [2.24, 2.45) is 0 Å². The van der Waals surface area contributed by atoms with Crippen molar-refractivity contribution >= 4 is 28.7 Å². The Morgan fingerprint density at radius 1 is 1.26 bits per heavy atom. The highest BCUT2D eigenvalue weighted by Gasteiger charge is 2.21. The van der Waals surface area contributed by atoms with Crippen molar-refractivity contribution < 1.29 is 4.79 Å². The van der Waals surface area contributed by atoms with Crippen molar-refractivity contribution in [2.45, 2.75) is 13.0 Å². The normalized spacial score (nSPS) is 16.2. The van der Waals surface area contributed by atoms with Gasteiger partial charge in [0.05, 0.1) is 6.54 Å². The fraction of sp³-hybridized carbons (Fsp3) is 0.267. The minimum absolute atomic E-state index is 0.223. The van der Waals surface area contributed by atoms with Crippen LogP contribution in [-0.4, -0.2) is 23.8 Å². The van der Waals surface area contributed by atoms with Gasteiger partial charge in [-0.3, -0.25) is 9.69 Å². The Balaban J connectivity index is 1.76. The van der Waals surface area contributed by atoms with Crippen LogP contribution in [0.25, 0.3) is 0 Å². The zero-order chi connectivity index (χ0) is 13.2. The summed E-state index contributed by atoms with van der Waals surface area (Å²) in [5.41, 5.74) is 1.99. The number of ketones is 1. The second-order valence-electron chi connectivity index (χ2n) is 4.73. The van der Waals surface area contributed by atoms with Gasteiger partial charge in [0.1, 0.15) is 0 Å². The molecule has 0 amide bonds. The van der Waals surface area contributed by atoms with Gasteiger partial charge in [0.2, 0.25) is 0 Å². The van der Waals surface area contributed by atoms with E-state index in [4.69, 9.17) is 11.6 Å². The van der Waals surface area contributed by atoms with Crippen LogP contribution in [0.4, 0.5) is 0 Å². The summed E-state index contributed by atoms with van der Waals surface area (Å²) >= 11 is 7.86. The molecule has 19 heavy (non-hydrogen) atoms. The van der Waals surface area contributed by atoms with Crippen LogP contribution >= 0.6 is 22.9 Å². The third kappa shape index (κ3) is 2.73. The van der Waals surface area contributed by atoms with Crippen LogP contribution < -0.4 is 0 Å². The zero-order valence-corrected chi connectivity index (χ0v) is 12.0. The molecule has 1 aromatic heterocycles. The number of Topliss-reactive ketones (excluding diaryl/α,β-unsaturated/α-hetero) is 1. The Morgan fingerprint density at radius 2 is 2.11 bits per heavy atom. The molecule has 0 saturated carbocycles. The summed E-state index contributed by atoms with van der Waals surface area (Å²) in [6.45, 7) is 2.12. The van der Waals surface area contributed by atoms with E-state index in [-0.39, 0.29) is 5.78 Å². The van der Waals surface area contributed by atoms with Gasteiger partial charge >= 0.3 is 0 Å². The molecule has 0 N–H and O–H groups in total. The molecule has 2 aromatic rings. The van der Waals surface area contributed by atoms with E-state index in [1.54, 1.807) is 11.3 Å². The minimum atomic E-state index is 0.223. The molecule has 2 nitrogen and oxygen atoms in total. The zero-order valence-electron chi connectivity index (χ0n) is 10.4. The van der Waals surface area contributed by atoms with Crippen molar-refractivity contribution in [1.82, 2.24) is 4.90 Å². The fourth-order valence-electron chi connectivity index (χ4n) is 2.41. The molecule has 1 aliphatic heterocycles. The lowest BCUT2D eigenvalue weighted by atomic mass is 10.1. The maximum absolute atomic E-state index is 12.2. The van der Waals surface area contributed by atoms with E-state index in [0.717, 1.165) is 35.7 Å². The van der Waals surface area contributed by atoms with Crippen molar-refractivity contribution in [3.8, 4) is 0 Å². The smallest absolute Gasteiger partial charge is 0.177 e. The van der Waals surface area contributed by atoms with E-state index in [1.165, 1.54) is 4.88 Å². The number of thiophene rings is 1.